The summed E-state index contributed by atoms with van der Waals surface area (Å²) in [5.41, 5.74) is 1.23. The Balaban J connectivity index is 1.45. The van der Waals surface area contributed by atoms with Crippen molar-refractivity contribution in [2.24, 2.45) is 0 Å². The van der Waals surface area contributed by atoms with Gasteiger partial charge in [-0.2, -0.15) is 4.37 Å². The zero-order valence-corrected chi connectivity index (χ0v) is 15.7. The van der Waals surface area contributed by atoms with E-state index in [9.17, 15) is 0 Å². The molecule has 2 aromatic heterocycles. The summed E-state index contributed by atoms with van der Waals surface area (Å²) in [6.45, 7) is 5.81. The molecule has 0 spiro atoms. The fourth-order valence-corrected chi connectivity index (χ4v) is 3.91. The second-order valence-electron chi connectivity index (χ2n) is 6.45. The van der Waals surface area contributed by atoms with Crippen LogP contribution in [-0.4, -0.2) is 45.5 Å². The first-order chi connectivity index (χ1) is 12.8. The second-order valence-corrected chi connectivity index (χ2v) is 7.18. The van der Waals surface area contributed by atoms with Crippen molar-refractivity contribution in [3.63, 3.8) is 0 Å². The van der Waals surface area contributed by atoms with Gasteiger partial charge in [-0.15, -0.1) is 0 Å². The summed E-state index contributed by atoms with van der Waals surface area (Å²) in [4.78, 5) is 18.5. The molecule has 0 N–H and O–H groups in total. The average molecular weight is 366 g/mol. The maximum absolute atomic E-state index is 4.81. The van der Waals surface area contributed by atoms with E-state index < -0.39 is 0 Å². The van der Waals surface area contributed by atoms with Crippen molar-refractivity contribution in [2.75, 3.05) is 36.0 Å². The predicted molar refractivity (Wildman–Crippen MR) is 105 cm³/mol. The van der Waals surface area contributed by atoms with E-state index in [0.717, 1.165) is 61.6 Å². The van der Waals surface area contributed by atoms with E-state index in [2.05, 4.69) is 48.4 Å². The minimum atomic E-state index is 0.763. The summed E-state index contributed by atoms with van der Waals surface area (Å²) in [6.07, 6.45) is 3.72. The molecule has 0 atom stereocenters. The molecule has 0 saturated carbocycles. The molecular weight excluding hydrogens is 344 g/mol. The Labute approximate surface area is 157 Å². The number of aromatic nitrogens is 4. The monoisotopic (exact) mass is 366 g/mol. The van der Waals surface area contributed by atoms with Crippen molar-refractivity contribution in [1.82, 2.24) is 19.3 Å². The number of nitrogens with zero attached hydrogens (tertiary/aromatic N) is 6. The number of aryl methyl sites for hydroxylation is 1. The largest absolute Gasteiger partial charge is 0.355 e. The number of rotatable bonds is 4. The molecule has 6 nitrogen and oxygen atoms in total. The zero-order valence-electron chi connectivity index (χ0n) is 14.9. The fourth-order valence-electron chi connectivity index (χ4n) is 3.18. The quantitative estimate of drug-likeness (QED) is 0.708. The average Bonchev–Trinajstić information content (AvgIpc) is 2.95. The van der Waals surface area contributed by atoms with Gasteiger partial charge in [0, 0.05) is 50.3 Å². The van der Waals surface area contributed by atoms with Gasteiger partial charge in [-0.1, -0.05) is 30.3 Å². The summed E-state index contributed by atoms with van der Waals surface area (Å²) in [7, 11) is 0. The van der Waals surface area contributed by atoms with Crippen LogP contribution >= 0.6 is 11.5 Å². The van der Waals surface area contributed by atoms with E-state index >= 15 is 0 Å². The van der Waals surface area contributed by atoms with Gasteiger partial charge in [0.05, 0.1) is 0 Å². The molecule has 0 bridgehead atoms. The lowest BCUT2D eigenvalue weighted by molar-refractivity contribution is 0.788. The van der Waals surface area contributed by atoms with Crippen molar-refractivity contribution in [2.45, 2.75) is 19.8 Å². The Kier molecular flexibility index (Phi) is 5.06. The highest BCUT2D eigenvalue weighted by molar-refractivity contribution is 7.09. The summed E-state index contributed by atoms with van der Waals surface area (Å²) in [5, 5.41) is 1.02. The topological polar surface area (TPSA) is 58.0 Å². The van der Waals surface area contributed by atoms with Gasteiger partial charge in [0.2, 0.25) is 5.13 Å². The van der Waals surface area contributed by atoms with Gasteiger partial charge in [0.15, 0.2) is 0 Å². The third kappa shape index (κ3) is 3.99. The SMILES string of the molecule is Cc1nsc(N2CCCN(c3ccnc(Cc4ccccc4)n3)CC2)n1. The lowest BCUT2D eigenvalue weighted by Gasteiger charge is -2.22. The highest BCUT2D eigenvalue weighted by atomic mass is 32.1. The van der Waals surface area contributed by atoms with E-state index in [1.54, 1.807) is 0 Å². The van der Waals surface area contributed by atoms with E-state index in [-0.39, 0.29) is 0 Å². The van der Waals surface area contributed by atoms with Crippen LogP contribution in [0, 0.1) is 6.92 Å². The maximum atomic E-state index is 4.81. The van der Waals surface area contributed by atoms with E-state index in [4.69, 9.17) is 4.98 Å². The number of benzene rings is 1. The molecule has 26 heavy (non-hydrogen) atoms. The molecular formula is C19H22N6S. The number of hydrogen-bond acceptors (Lipinski definition) is 7. The van der Waals surface area contributed by atoms with E-state index in [0.29, 0.717) is 0 Å². The van der Waals surface area contributed by atoms with Crippen LogP contribution < -0.4 is 9.80 Å². The Morgan fingerprint density at radius 3 is 2.58 bits per heavy atom. The third-order valence-electron chi connectivity index (χ3n) is 4.50. The predicted octanol–water partition coefficient (Wildman–Crippen LogP) is 2.94. The molecule has 7 heteroatoms. The summed E-state index contributed by atoms with van der Waals surface area (Å²) in [5.74, 6) is 2.74. The molecule has 0 unspecified atom stereocenters. The van der Waals surface area contributed by atoms with E-state index in [1.807, 2.05) is 25.3 Å². The van der Waals surface area contributed by atoms with Crippen molar-refractivity contribution in [3.8, 4) is 0 Å². The molecule has 4 rings (SSSR count). The van der Waals surface area contributed by atoms with Gasteiger partial charge in [-0.25, -0.2) is 15.0 Å². The first kappa shape index (κ1) is 16.9. The molecule has 1 aromatic carbocycles. The van der Waals surface area contributed by atoms with Crippen molar-refractivity contribution >= 4 is 22.5 Å². The van der Waals surface area contributed by atoms with Gasteiger partial charge < -0.3 is 9.80 Å². The molecule has 0 aliphatic carbocycles. The van der Waals surface area contributed by atoms with Gasteiger partial charge >= 0.3 is 0 Å². The molecule has 134 valence electrons. The molecule has 3 heterocycles. The van der Waals surface area contributed by atoms with Crippen LogP contribution in [0.4, 0.5) is 10.9 Å². The van der Waals surface area contributed by atoms with E-state index in [1.165, 1.54) is 17.1 Å². The highest BCUT2D eigenvalue weighted by Gasteiger charge is 2.19. The third-order valence-corrected chi connectivity index (χ3v) is 5.37. The highest BCUT2D eigenvalue weighted by Crippen LogP contribution is 2.21. The lowest BCUT2D eigenvalue weighted by atomic mass is 10.1. The summed E-state index contributed by atoms with van der Waals surface area (Å²) < 4.78 is 4.31. The molecule has 1 fully saturated rings. The number of anilines is 2. The second kappa shape index (κ2) is 7.78. The van der Waals surface area contributed by atoms with Crippen LogP contribution in [0.5, 0.6) is 0 Å². The zero-order chi connectivity index (χ0) is 17.8. The van der Waals surface area contributed by atoms with Crippen molar-refractivity contribution in [1.29, 1.82) is 0 Å². The van der Waals surface area contributed by atoms with Crippen LogP contribution in [0.15, 0.2) is 42.6 Å². The van der Waals surface area contributed by atoms with Gasteiger partial charge in [-0.05, 0) is 25.0 Å². The smallest absolute Gasteiger partial charge is 0.205 e. The molecule has 1 aliphatic heterocycles. The van der Waals surface area contributed by atoms with Gasteiger partial charge in [-0.3, -0.25) is 0 Å². The van der Waals surface area contributed by atoms with Crippen molar-refractivity contribution in [3.05, 3.63) is 59.8 Å². The van der Waals surface area contributed by atoms with Gasteiger partial charge in [0.1, 0.15) is 17.5 Å². The summed E-state index contributed by atoms with van der Waals surface area (Å²) >= 11 is 1.49. The Hall–Kier alpha value is -2.54. The molecule has 0 radical (unpaired) electrons. The number of hydrogen-bond donors (Lipinski definition) is 0. The first-order valence-corrected chi connectivity index (χ1v) is 9.71. The standard InChI is InChI=1S/C19H22N6S/c1-15-21-19(26-23-15)25-11-5-10-24(12-13-25)18-8-9-20-17(22-18)14-16-6-3-2-4-7-16/h2-4,6-9H,5,10-14H2,1H3. The molecule has 0 amide bonds. The Morgan fingerprint density at radius 1 is 0.962 bits per heavy atom. The molecule has 1 saturated heterocycles. The molecule has 1 aliphatic rings. The summed E-state index contributed by atoms with van der Waals surface area (Å²) in [6, 6.07) is 12.4. The van der Waals surface area contributed by atoms with Crippen LogP contribution in [0.2, 0.25) is 0 Å². The minimum Gasteiger partial charge on any atom is -0.355 e. The van der Waals surface area contributed by atoms with Crippen LogP contribution in [0.25, 0.3) is 0 Å². The normalized spacial score (nSPS) is 15.1. The van der Waals surface area contributed by atoms with Crippen LogP contribution in [0.1, 0.15) is 23.6 Å². The Morgan fingerprint density at radius 2 is 1.77 bits per heavy atom. The first-order valence-electron chi connectivity index (χ1n) is 8.94. The lowest BCUT2D eigenvalue weighted by Crippen LogP contribution is -2.31. The fraction of sp³-hybridized carbons (Fsp3) is 0.368. The minimum absolute atomic E-state index is 0.763. The molecule has 3 aromatic rings. The van der Waals surface area contributed by atoms with Crippen LogP contribution in [-0.2, 0) is 6.42 Å². The van der Waals surface area contributed by atoms with Gasteiger partial charge in [0.25, 0.3) is 0 Å². The Bertz CT molecular complexity index is 850. The maximum Gasteiger partial charge on any atom is 0.205 e. The van der Waals surface area contributed by atoms with Crippen molar-refractivity contribution < 1.29 is 0 Å². The van der Waals surface area contributed by atoms with Crippen LogP contribution in [0.3, 0.4) is 0 Å².